The molecule has 5 nitrogen and oxygen atoms in total. The molecule has 0 atom stereocenters. The van der Waals surface area contributed by atoms with E-state index in [0.717, 1.165) is 35.3 Å². The lowest BCUT2D eigenvalue weighted by molar-refractivity contribution is -0.140. The first kappa shape index (κ1) is 16.8. The first-order valence-corrected chi connectivity index (χ1v) is 8.70. The molecule has 0 bridgehead atoms. The Morgan fingerprint density at radius 2 is 1.67 bits per heavy atom. The number of amides is 2. The number of carbonyl (C=O) groups excluding carboxylic acids is 2. The van der Waals surface area contributed by atoms with Gasteiger partial charge in [-0.1, -0.05) is 6.07 Å². The van der Waals surface area contributed by atoms with E-state index in [2.05, 4.69) is 0 Å². The Balaban J connectivity index is 1.58. The second-order valence-electron chi connectivity index (χ2n) is 6.91. The maximum absolute atomic E-state index is 12.6. The third-order valence-electron chi connectivity index (χ3n) is 5.07. The van der Waals surface area contributed by atoms with E-state index in [1.54, 1.807) is 7.11 Å². The zero-order valence-electron chi connectivity index (χ0n) is 14.8. The molecule has 1 aromatic carbocycles. The van der Waals surface area contributed by atoms with Gasteiger partial charge in [0.05, 0.1) is 13.5 Å². The molecule has 1 aliphatic carbocycles. The van der Waals surface area contributed by atoms with Gasteiger partial charge in [-0.2, -0.15) is 0 Å². The van der Waals surface area contributed by atoms with Gasteiger partial charge in [0.2, 0.25) is 11.8 Å². The molecule has 24 heavy (non-hydrogen) atoms. The van der Waals surface area contributed by atoms with Gasteiger partial charge in [0.25, 0.3) is 0 Å². The number of benzene rings is 1. The van der Waals surface area contributed by atoms with Crippen LogP contribution in [0, 0.1) is 19.8 Å². The lowest BCUT2D eigenvalue weighted by atomic mass is 10.0. The van der Waals surface area contributed by atoms with Crippen LogP contribution < -0.4 is 4.74 Å². The molecular formula is C19H26N2O3. The Kier molecular flexibility index (Phi) is 4.78. The van der Waals surface area contributed by atoms with Gasteiger partial charge in [-0.3, -0.25) is 9.59 Å². The Hall–Kier alpha value is -2.04. The number of nitrogens with zero attached hydrogens (tertiary/aromatic N) is 2. The van der Waals surface area contributed by atoms with E-state index in [1.807, 2.05) is 35.8 Å². The average Bonchev–Trinajstić information content (AvgIpc) is 3.42. The van der Waals surface area contributed by atoms with Crippen molar-refractivity contribution in [2.45, 2.75) is 33.1 Å². The van der Waals surface area contributed by atoms with E-state index in [-0.39, 0.29) is 17.7 Å². The van der Waals surface area contributed by atoms with Crippen LogP contribution >= 0.6 is 0 Å². The SMILES string of the molecule is COc1cc(C)c(CC(=O)N2CCN(C(=O)C3CC3)CC2)cc1C. The molecule has 1 saturated heterocycles. The molecule has 0 unspecified atom stereocenters. The highest BCUT2D eigenvalue weighted by molar-refractivity contribution is 5.82. The van der Waals surface area contributed by atoms with Crippen LogP contribution in [-0.2, 0) is 16.0 Å². The van der Waals surface area contributed by atoms with Crippen LogP contribution in [0.15, 0.2) is 12.1 Å². The van der Waals surface area contributed by atoms with Gasteiger partial charge in [0, 0.05) is 32.1 Å². The van der Waals surface area contributed by atoms with Crippen molar-refractivity contribution in [1.29, 1.82) is 0 Å². The maximum Gasteiger partial charge on any atom is 0.227 e. The zero-order valence-corrected chi connectivity index (χ0v) is 14.8. The molecule has 0 N–H and O–H groups in total. The van der Waals surface area contributed by atoms with Gasteiger partial charge in [-0.05, 0) is 49.4 Å². The fourth-order valence-corrected chi connectivity index (χ4v) is 3.30. The van der Waals surface area contributed by atoms with E-state index in [1.165, 1.54) is 0 Å². The Labute approximate surface area is 143 Å². The number of hydrogen-bond donors (Lipinski definition) is 0. The number of hydrogen-bond acceptors (Lipinski definition) is 3. The summed E-state index contributed by atoms with van der Waals surface area (Å²) in [6, 6.07) is 4.03. The first-order valence-electron chi connectivity index (χ1n) is 8.70. The monoisotopic (exact) mass is 330 g/mol. The summed E-state index contributed by atoms with van der Waals surface area (Å²) in [4.78, 5) is 28.5. The predicted molar refractivity (Wildman–Crippen MR) is 92.1 cm³/mol. The Bertz CT molecular complexity index is 644. The highest BCUT2D eigenvalue weighted by Gasteiger charge is 2.35. The topological polar surface area (TPSA) is 49.9 Å². The highest BCUT2D eigenvalue weighted by Crippen LogP contribution is 2.31. The minimum absolute atomic E-state index is 0.140. The summed E-state index contributed by atoms with van der Waals surface area (Å²) in [6.45, 7) is 6.63. The molecule has 130 valence electrons. The van der Waals surface area contributed by atoms with E-state index >= 15 is 0 Å². The van der Waals surface area contributed by atoms with Gasteiger partial charge < -0.3 is 14.5 Å². The highest BCUT2D eigenvalue weighted by atomic mass is 16.5. The average molecular weight is 330 g/mol. The summed E-state index contributed by atoms with van der Waals surface area (Å²) in [6.07, 6.45) is 2.48. The van der Waals surface area contributed by atoms with Crippen LogP contribution in [0.1, 0.15) is 29.5 Å². The lowest BCUT2D eigenvalue weighted by Gasteiger charge is -2.35. The molecular weight excluding hydrogens is 304 g/mol. The van der Waals surface area contributed by atoms with Gasteiger partial charge >= 0.3 is 0 Å². The number of aryl methyl sites for hydroxylation is 2. The van der Waals surface area contributed by atoms with Crippen LogP contribution in [-0.4, -0.2) is 54.9 Å². The minimum Gasteiger partial charge on any atom is -0.496 e. The molecule has 0 radical (unpaired) electrons. The summed E-state index contributed by atoms with van der Waals surface area (Å²) in [5, 5.41) is 0. The molecule has 3 rings (SSSR count). The largest absolute Gasteiger partial charge is 0.496 e. The molecule has 0 spiro atoms. The standard InChI is InChI=1S/C19H26N2O3/c1-13-11-17(24-3)14(2)10-16(13)12-18(22)20-6-8-21(9-7-20)19(23)15-4-5-15/h10-11,15H,4-9,12H2,1-3H3. The first-order chi connectivity index (χ1) is 11.5. The van der Waals surface area contributed by atoms with Crippen molar-refractivity contribution in [3.63, 3.8) is 0 Å². The smallest absolute Gasteiger partial charge is 0.227 e. The van der Waals surface area contributed by atoms with Crippen molar-refractivity contribution in [2.75, 3.05) is 33.3 Å². The number of rotatable bonds is 4. The van der Waals surface area contributed by atoms with Crippen LogP contribution in [0.3, 0.4) is 0 Å². The third kappa shape index (κ3) is 3.55. The molecule has 2 aliphatic rings. The molecule has 5 heteroatoms. The molecule has 1 aliphatic heterocycles. The van der Waals surface area contributed by atoms with E-state index in [0.29, 0.717) is 32.6 Å². The van der Waals surface area contributed by atoms with Gasteiger partial charge in [-0.25, -0.2) is 0 Å². The van der Waals surface area contributed by atoms with Crippen molar-refractivity contribution in [3.8, 4) is 5.75 Å². The molecule has 1 saturated carbocycles. The number of methoxy groups -OCH3 is 1. The van der Waals surface area contributed by atoms with E-state index < -0.39 is 0 Å². The van der Waals surface area contributed by atoms with Crippen LogP contribution in [0.2, 0.25) is 0 Å². The van der Waals surface area contributed by atoms with Crippen LogP contribution in [0.5, 0.6) is 5.75 Å². The third-order valence-corrected chi connectivity index (χ3v) is 5.07. The van der Waals surface area contributed by atoms with Crippen molar-refractivity contribution in [2.24, 2.45) is 5.92 Å². The summed E-state index contributed by atoms with van der Waals surface area (Å²) >= 11 is 0. The van der Waals surface area contributed by atoms with E-state index in [9.17, 15) is 9.59 Å². The summed E-state index contributed by atoms with van der Waals surface area (Å²) < 4.78 is 5.33. The second kappa shape index (κ2) is 6.83. The molecule has 2 fully saturated rings. The van der Waals surface area contributed by atoms with E-state index in [4.69, 9.17) is 4.74 Å². The molecule has 0 aromatic heterocycles. The van der Waals surface area contributed by atoms with Gasteiger partial charge in [0.1, 0.15) is 5.75 Å². The summed E-state index contributed by atoms with van der Waals surface area (Å²) in [5.74, 6) is 1.54. The van der Waals surface area contributed by atoms with Crippen LogP contribution in [0.25, 0.3) is 0 Å². The molecule has 1 aromatic rings. The van der Waals surface area contributed by atoms with Crippen molar-refractivity contribution in [1.82, 2.24) is 9.80 Å². The minimum atomic E-state index is 0.140. The molecule has 2 amide bonds. The van der Waals surface area contributed by atoms with Crippen molar-refractivity contribution in [3.05, 3.63) is 28.8 Å². The van der Waals surface area contributed by atoms with Crippen molar-refractivity contribution < 1.29 is 14.3 Å². The Morgan fingerprint density at radius 3 is 2.25 bits per heavy atom. The Morgan fingerprint density at radius 1 is 1.04 bits per heavy atom. The summed E-state index contributed by atoms with van der Waals surface area (Å²) in [7, 11) is 1.66. The predicted octanol–water partition coefficient (Wildman–Crippen LogP) is 1.94. The molecule has 1 heterocycles. The quantitative estimate of drug-likeness (QED) is 0.848. The number of ether oxygens (including phenoxy) is 1. The summed E-state index contributed by atoms with van der Waals surface area (Å²) in [5.41, 5.74) is 3.17. The second-order valence-corrected chi connectivity index (χ2v) is 6.91. The lowest BCUT2D eigenvalue weighted by Crippen LogP contribution is -2.51. The normalized spacial score (nSPS) is 17.8. The van der Waals surface area contributed by atoms with Crippen LogP contribution in [0.4, 0.5) is 0 Å². The zero-order chi connectivity index (χ0) is 17.3. The number of piperazine rings is 1. The fourth-order valence-electron chi connectivity index (χ4n) is 3.30. The number of carbonyl (C=O) groups is 2. The van der Waals surface area contributed by atoms with Gasteiger partial charge in [-0.15, -0.1) is 0 Å². The maximum atomic E-state index is 12.6. The fraction of sp³-hybridized carbons (Fsp3) is 0.579. The van der Waals surface area contributed by atoms with Crippen molar-refractivity contribution >= 4 is 11.8 Å². The van der Waals surface area contributed by atoms with Gasteiger partial charge in [0.15, 0.2) is 0 Å².